The summed E-state index contributed by atoms with van der Waals surface area (Å²) in [5.74, 6) is 0.908. The van der Waals surface area contributed by atoms with Crippen LogP contribution >= 0.6 is 0 Å². The third-order valence-corrected chi connectivity index (χ3v) is 2.59. The maximum Gasteiger partial charge on any atom is 0.221 e. The van der Waals surface area contributed by atoms with Crippen LogP contribution < -0.4 is 5.32 Å². The maximum absolute atomic E-state index is 4.16. The monoisotopic (exact) mass is 180 g/mol. The second kappa shape index (κ2) is 2.72. The molecule has 1 atom stereocenters. The molecule has 0 bridgehead atoms. The number of hydrogen-bond donors (Lipinski definition) is 1. The molecule has 1 aliphatic heterocycles. The van der Waals surface area contributed by atoms with Crippen LogP contribution in [0.15, 0.2) is 6.33 Å². The molecule has 0 fully saturated rings. The highest BCUT2D eigenvalue weighted by Crippen LogP contribution is 2.28. The smallest absolute Gasteiger partial charge is 0.221 e. The molecule has 0 saturated carbocycles. The van der Waals surface area contributed by atoms with Crippen molar-refractivity contribution < 1.29 is 0 Å². The van der Waals surface area contributed by atoms with Gasteiger partial charge >= 0.3 is 0 Å². The van der Waals surface area contributed by atoms with E-state index in [1.54, 1.807) is 6.33 Å². The molecule has 1 N–H and O–H groups in total. The van der Waals surface area contributed by atoms with Crippen molar-refractivity contribution in [3.8, 4) is 0 Å². The lowest BCUT2D eigenvalue weighted by Crippen LogP contribution is -2.39. The highest BCUT2D eigenvalue weighted by molar-refractivity contribution is 5.28. The Morgan fingerprint density at radius 1 is 1.54 bits per heavy atom. The molecular formula is C9H16N4. The number of nitrogens with one attached hydrogen (secondary N) is 1. The van der Waals surface area contributed by atoms with Gasteiger partial charge in [0.2, 0.25) is 5.95 Å². The van der Waals surface area contributed by atoms with Crippen LogP contribution in [0.3, 0.4) is 0 Å². The zero-order valence-corrected chi connectivity index (χ0v) is 8.41. The number of hydrogen-bond acceptors (Lipinski definition) is 3. The number of nitrogens with zero attached hydrogens (tertiary/aromatic N) is 3. The lowest BCUT2D eigenvalue weighted by molar-refractivity contribution is 0.296. The van der Waals surface area contributed by atoms with Crippen LogP contribution in [0, 0.1) is 5.41 Å². The van der Waals surface area contributed by atoms with Crippen LogP contribution in [0.2, 0.25) is 0 Å². The third-order valence-electron chi connectivity index (χ3n) is 2.59. The molecule has 4 nitrogen and oxygen atoms in total. The lowest BCUT2D eigenvalue weighted by atomic mass is 9.84. The van der Waals surface area contributed by atoms with E-state index in [1.165, 1.54) is 0 Å². The molecule has 1 aromatic rings. The van der Waals surface area contributed by atoms with Crippen LogP contribution in [-0.4, -0.2) is 20.8 Å². The van der Waals surface area contributed by atoms with E-state index in [0.29, 0.717) is 6.04 Å². The number of aryl methyl sites for hydroxylation is 1. The van der Waals surface area contributed by atoms with E-state index in [0.717, 1.165) is 18.9 Å². The first-order chi connectivity index (χ1) is 6.07. The van der Waals surface area contributed by atoms with E-state index in [9.17, 15) is 0 Å². The maximum atomic E-state index is 4.16. The second-order valence-electron chi connectivity index (χ2n) is 4.66. The molecular weight excluding hydrogens is 164 g/mol. The largest absolute Gasteiger partial charge is 0.351 e. The minimum absolute atomic E-state index is 0.289. The zero-order chi connectivity index (χ0) is 9.47. The Bertz CT molecular complexity index is 297. The Morgan fingerprint density at radius 2 is 2.31 bits per heavy atom. The molecule has 0 aromatic carbocycles. The molecule has 0 radical (unpaired) electrons. The predicted octanol–water partition coefficient (Wildman–Crippen LogP) is 1.51. The van der Waals surface area contributed by atoms with Gasteiger partial charge in [0.05, 0.1) is 0 Å². The average molecular weight is 180 g/mol. The summed E-state index contributed by atoms with van der Waals surface area (Å²) in [6.07, 6.45) is 2.73. The van der Waals surface area contributed by atoms with E-state index >= 15 is 0 Å². The lowest BCUT2D eigenvalue weighted by Gasteiger charge is -2.34. The minimum Gasteiger partial charge on any atom is -0.351 e. The van der Waals surface area contributed by atoms with E-state index in [-0.39, 0.29) is 5.41 Å². The Labute approximate surface area is 78.4 Å². The first kappa shape index (κ1) is 8.53. The van der Waals surface area contributed by atoms with E-state index in [1.807, 2.05) is 4.68 Å². The summed E-state index contributed by atoms with van der Waals surface area (Å²) >= 11 is 0. The molecule has 1 aromatic heterocycles. The molecule has 13 heavy (non-hydrogen) atoms. The number of anilines is 1. The predicted molar refractivity (Wildman–Crippen MR) is 51.5 cm³/mol. The highest BCUT2D eigenvalue weighted by atomic mass is 15.4. The summed E-state index contributed by atoms with van der Waals surface area (Å²) in [7, 11) is 0. The summed E-state index contributed by atoms with van der Waals surface area (Å²) in [6.45, 7) is 7.72. The van der Waals surface area contributed by atoms with E-state index < -0.39 is 0 Å². The average Bonchev–Trinajstić information content (AvgIpc) is 2.47. The Morgan fingerprint density at radius 3 is 3.00 bits per heavy atom. The molecule has 4 heteroatoms. The summed E-state index contributed by atoms with van der Waals surface area (Å²) in [4.78, 5) is 4.16. The summed E-state index contributed by atoms with van der Waals surface area (Å²) in [5, 5.41) is 7.52. The molecule has 2 rings (SSSR count). The molecule has 72 valence electrons. The van der Waals surface area contributed by atoms with Gasteiger partial charge in [-0.1, -0.05) is 20.8 Å². The third kappa shape index (κ3) is 1.53. The van der Waals surface area contributed by atoms with Crippen LogP contribution in [-0.2, 0) is 6.54 Å². The zero-order valence-electron chi connectivity index (χ0n) is 8.41. The van der Waals surface area contributed by atoms with Crippen molar-refractivity contribution in [3.05, 3.63) is 6.33 Å². The topological polar surface area (TPSA) is 42.7 Å². The van der Waals surface area contributed by atoms with Crippen LogP contribution in [0.1, 0.15) is 27.2 Å². The fraction of sp³-hybridized carbons (Fsp3) is 0.778. The van der Waals surface area contributed by atoms with Gasteiger partial charge in [-0.3, -0.25) is 0 Å². The van der Waals surface area contributed by atoms with E-state index in [2.05, 4.69) is 36.2 Å². The SMILES string of the molecule is CC(C)(C)C1CCn2ncnc2N1. The van der Waals surface area contributed by atoms with Gasteiger partial charge in [-0.05, 0) is 11.8 Å². The fourth-order valence-corrected chi connectivity index (χ4v) is 1.67. The van der Waals surface area contributed by atoms with Crippen LogP contribution in [0.25, 0.3) is 0 Å². The summed E-state index contributed by atoms with van der Waals surface area (Å²) < 4.78 is 1.92. The summed E-state index contributed by atoms with van der Waals surface area (Å²) in [6, 6.07) is 0.504. The Balaban J connectivity index is 2.18. The quantitative estimate of drug-likeness (QED) is 0.658. The Kier molecular flexibility index (Phi) is 1.78. The van der Waals surface area contributed by atoms with Crippen molar-refractivity contribution in [2.45, 2.75) is 39.8 Å². The van der Waals surface area contributed by atoms with Gasteiger partial charge in [-0.2, -0.15) is 10.1 Å². The van der Waals surface area contributed by atoms with Crippen molar-refractivity contribution in [2.75, 3.05) is 5.32 Å². The van der Waals surface area contributed by atoms with Gasteiger partial charge in [0, 0.05) is 12.6 Å². The molecule has 0 saturated heterocycles. The van der Waals surface area contributed by atoms with Crippen molar-refractivity contribution in [1.82, 2.24) is 14.8 Å². The van der Waals surface area contributed by atoms with E-state index in [4.69, 9.17) is 0 Å². The molecule has 0 aliphatic carbocycles. The molecule has 0 spiro atoms. The highest BCUT2D eigenvalue weighted by Gasteiger charge is 2.28. The second-order valence-corrected chi connectivity index (χ2v) is 4.66. The van der Waals surface area contributed by atoms with Crippen molar-refractivity contribution >= 4 is 5.95 Å². The van der Waals surface area contributed by atoms with Gasteiger partial charge in [0.15, 0.2) is 0 Å². The van der Waals surface area contributed by atoms with Crippen molar-refractivity contribution in [3.63, 3.8) is 0 Å². The van der Waals surface area contributed by atoms with Gasteiger partial charge in [-0.15, -0.1) is 0 Å². The first-order valence-corrected chi connectivity index (χ1v) is 4.72. The molecule has 1 aliphatic rings. The number of rotatable bonds is 0. The molecule has 0 amide bonds. The van der Waals surface area contributed by atoms with Gasteiger partial charge in [0.25, 0.3) is 0 Å². The number of aromatic nitrogens is 3. The summed E-state index contributed by atoms with van der Waals surface area (Å²) in [5.41, 5.74) is 0.289. The fourth-order valence-electron chi connectivity index (χ4n) is 1.67. The van der Waals surface area contributed by atoms with Crippen LogP contribution in [0.5, 0.6) is 0 Å². The minimum atomic E-state index is 0.289. The van der Waals surface area contributed by atoms with Gasteiger partial charge < -0.3 is 5.32 Å². The molecule has 1 unspecified atom stereocenters. The normalized spacial score (nSPS) is 22.2. The van der Waals surface area contributed by atoms with Crippen molar-refractivity contribution in [1.29, 1.82) is 0 Å². The Hall–Kier alpha value is -1.06. The van der Waals surface area contributed by atoms with Gasteiger partial charge in [0.1, 0.15) is 6.33 Å². The van der Waals surface area contributed by atoms with Gasteiger partial charge in [-0.25, -0.2) is 4.68 Å². The standard InChI is InChI=1S/C9H16N4/c1-9(2,3)7-4-5-13-8(12-7)10-6-11-13/h6-7H,4-5H2,1-3H3,(H,10,11,12). The van der Waals surface area contributed by atoms with Crippen molar-refractivity contribution in [2.24, 2.45) is 5.41 Å². The van der Waals surface area contributed by atoms with Crippen LogP contribution in [0.4, 0.5) is 5.95 Å². The molecule has 2 heterocycles. The number of fused-ring (bicyclic) bond motifs is 1. The first-order valence-electron chi connectivity index (χ1n) is 4.72.